The van der Waals surface area contributed by atoms with Crippen LogP contribution in [0.4, 0.5) is 0 Å². The van der Waals surface area contributed by atoms with Gasteiger partial charge < -0.3 is 28.3 Å². The standard InChI is InChI=1S/C26H44N4O4Si2/c1-7-31-35(5,32-8-2)19-11-17-29-26(24-15-13-23(14-16-24)25(21-27)22-28)30-18-12-20-36(6,33-9-3)34-10-4/h13-16,29-30H,7-12,17-20H2,1-6H3. The minimum atomic E-state index is -2.15. The van der Waals surface area contributed by atoms with Gasteiger partial charge in [0.2, 0.25) is 0 Å². The van der Waals surface area contributed by atoms with Gasteiger partial charge in [0.15, 0.2) is 0 Å². The highest BCUT2D eigenvalue weighted by Crippen LogP contribution is 2.16. The van der Waals surface area contributed by atoms with E-state index in [-0.39, 0.29) is 5.57 Å². The Hall–Kier alpha value is -2.19. The number of nitriles is 2. The van der Waals surface area contributed by atoms with Crippen molar-refractivity contribution in [2.45, 2.75) is 65.7 Å². The maximum Gasteiger partial charge on any atom is 0.334 e. The van der Waals surface area contributed by atoms with E-state index in [0.717, 1.165) is 49.1 Å². The Morgan fingerprint density at radius 3 is 1.39 bits per heavy atom. The van der Waals surface area contributed by atoms with E-state index in [1.54, 1.807) is 0 Å². The molecule has 0 saturated carbocycles. The lowest BCUT2D eigenvalue weighted by molar-refractivity contribution is 0.188. The summed E-state index contributed by atoms with van der Waals surface area (Å²) in [6, 6.07) is 13.2. The van der Waals surface area contributed by atoms with Crippen molar-refractivity contribution in [1.82, 2.24) is 10.6 Å². The summed E-state index contributed by atoms with van der Waals surface area (Å²) in [6.45, 7) is 16.5. The highest BCUT2D eigenvalue weighted by Gasteiger charge is 2.30. The Labute approximate surface area is 219 Å². The largest absolute Gasteiger partial charge is 0.395 e. The van der Waals surface area contributed by atoms with Gasteiger partial charge in [-0.3, -0.25) is 0 Å². The SMILES string of the molecule is CCO[Si](C)(CCCNC(NCCC[Si](C)(OCC)OCC)=c1ccc(=C(C#N)C#N)cc1)OCC. The molecule has 0 radical (unpaired) electrons. The lowest BCUT2D eigenvalue weighted by atomic mass is 10.2. The van der Waals surface area contributed by atoms with E-state index < -0.39 is 17.1 Å². The summed E-state index contributed by atoms with van der Waals surface area (Å²) in [6.07, 6.45) is 1.85. The molecular weight excluding hydrogens is 488 g/mol. The van der Waals surface area contributed by atoms with Crippen molar-refractivity contribution < 1.29 is 17.7 Å². The summed E-state index contributed by atoms with van der Waals surface area (Å²) in [4.78, 5) is 0. The Kier molecular flexibility index (Phi) is 15.3. The van der Waals surface area contributed by atoms with E-state index in [9.17, 15) is 0 Å². The van der Waals surface area contributed by atoms with Crippen LogP contribution in [-0.4, -0.2) is 56.6 Å². The summed E-state index contributed by atoms with van der Waals surface area (Å²) in [5.41, 5.74) is 0.108. The van der Waals surface area contributed by atoms with Crippen molar-refractivity contribution in [3.8, 4) is 12.1 Å². The van der Waals surface area contributed by atoms with Crippen LogP contribution in [0.5, 0.6) is 0 Å². The minimum Gasteiger partial charge on any atom is -0.395 e. The van der Waals surface area contributed by atoms with Crippen molar-refractivity contribution in [2.24, 2.45) is 0 Å². The summed E-state index contributed by atoms with van der Waals surface area (Å²) in [7, 11) is -4.31. The molecule has 0 bridgehead atoms. The first-order valence-electron chi connectivity index (χ1n) is 13.0. The number of rotatable bonds is 18. The fourth-order valence-corrected chi connectivity index (χ4v) is 8.89. The van der Waals surface area contributed by atoms with Gasteiger partial charge in [0.05, 0.1) is 0 Å². The Balaban J connectivity index is 2.97. The van der Waals surface area contributed by atoms with E-state index in [2.05, 4.69) is 23.7 Å². The summed E-state index contributed by atoms with van der Waals surface area (Å²) in [5.74, 6) is 0.921. The lowest BCUT2D eigenvalue weighted by Crippen LogP contribution is -2.40. The normalized spacial score (nSPS) is 11.4. The number of nitrogens with zero attached hydrogens (tertiary/aromatic N) is 2. The topological polar surface area (TPSA) is 109 Å². The molecule has 1 aromatic rings. The molecule has 200 valence electrons. The minimum absolute atomic E-state index is 0.108. The van der Waals surface area contributed by atoms with Crippen LogP contribution in [0, 0.1) is 22.7 Å². The van der Waals surface area contributed by atoms with Gasteiger partial charge >= 0.3 is 17.1 Å². The van der Waals surface area contributed by atoms with Crippen LogP contribution in [0.3, 0.4) is 0 Å². The molecule has 0 heterocycles. The molecule has 0 atom stereocenters. The Bertz CT molecular complexity index is 908. The molecule has 2 N–H and O–H groups in total. The number of nitrogens with one attached hydrogen (secondary N) is 2. The Morgan fingerprint density at radius 1 is 0.694 bits per heavy atom. The van der Waals surface area contributed by atoms with Gasteiger partial charge in [0, 0.05) is 50.0 Å². The first-order chi connectivity index (χ1) is 17.3. The van der Waals surface area contributed by atoms with Crippen LogP contribution >= 0.6 is 0 Å². The second-order valence-corrected chi connectivity index (χ2v) is 15.3. The van der Waals surface area contributed by atoms with Crippen LogP contribution in [0.1, 0.15) is 40.5 Å². The van der Waals surface area contributed by atoms with Gasteiger partial charge in [-0.05, 0) is 65.7 Å². The molecule has 0 aliphatic heterocycles. The zero-order chi connectivity index (χ0) is 26.9. The molecule has 1 aromatic carbocycles. The zero-order valence-electron chi connectivity index (χ0n) is 22.9. The van der Waals surface area contributed by atoms with Crippen molar-refractivity contribution in [1.29, 1.82) is 10.5 Å². The van der Waals surface area contributed by atoms with E-state index in [0.29, 0.717) is 31.6 Å². The number of benzene rings is 1. The first kappa shape index (κ1) is 31.8. The second kappa shape index (κ2) is 17.3. The van der Waals surface area contributed by atoms with Crippen molar-refractivity contribution >= 4 is 28.5 Å². The molecule has 0 aromatic heterocycles. The average Bonchev–Trinajstić information content (AvgIpc) is 2.85. The first-order valence-corrected chi connectivity index (χ1v) is 18.0. The van der Waals surface area contributed by atoms with Gasteiger partial charge in [0.25, 0.3) is 0 Å². The molecule has 0 fully saturated rings. The van der Waals surface area contributed by atoms with Gasteiger partial charge in [-0.25, -0.2) is 0 Å². The zero-order valence-corrected chi connectivity index (χ0v) is 24.9. The Morgan fingerprint density at radius 2 is 1.06 bits per heavy atom. The maximum atomic E-state index is 9.15. The van der Waals surface area contributed by atoms with Crippen molar-refractivity contribution in [3.05, 3.63) is 34.7 Å². The summed E-state index contributed by atoms with van der Waals surface area (Å²) < 4.78 is 23.8. The third-order valence-corrected chi connectivity index (χ3v) is 11.8. The molecule has 8 nitrogen and oxygen atoms in total. The molecular formula is C26H44N4O4Si2. The lowest BCUT2D eigenvalue weighted by Gasteiger charge is -2.26. The van der Waals surface area contributed by atoms with Crippen LogP contribution in [-0.2, 0) is 17.7 Å². The highest BCUT2D eigenvalue weighted by molar-refractivity contribution is 6.66. The van der Waals surface area contributed by atoms with Gasteiger partial charge in [-0.2, -0.15) is 10.5 Å². The molecule has 0 aliphatic carbocycles. The van der Waals surface area contributed by atoms with Crippen molar-refractivity contribution in [2.75, 3.05) is 39.5 Å². The molecule has 36 heavy (non-hydrogen) atoms. The third kappa shape index (κ3) is 11.3. The predicted molar refractivity (Wildman–Crippen MR) is 148 cm³/mol. The second-order valence-electron chi connectivity index (χ2n) is 8.61. The molecule has 0 saturated heterocycles. The molecule has 0 spiro atoms. The van der Waals surface area contributed by atoms with Gasteiger partial charge in [-0.1, -0.05) is 24.3 Å². The van der Waals surface area contributed by atoms with Crippen LogP contribution in [0.2, 0.25) is 25.2 Å². The summed E-state index contributed by atoms with van der Waals surface area (Å²) >= 11 is 0. The molecule has 1 rings (SSSR count). The number of hydrogen-bond donors (Lipinski definition) is 2. The predicted octanol–water partition coefficient (Wildman–Crippen LogP) is 3.20. The van der Waals surface area contributed by atoms with E-state index in [1.165, 1.54) is 0 Å². The van der Waals surface area contributed by atoms with E-state index in [1.807, 2.05) is 64.1 Å². The molecule has 0 amide bonds. The van der Waals surface area contributed by atoms with Crippen LogP contribution in [0.25, 0.3) is 11.4 Å². The van der Waals surface area contributed by atoms with Crippen molar-refractivity contribution in [3.63, 3.8) is 0 Å². The fraction of sp³-hybridized carbons (Fsp3) is 0.615. The smallest absolute Gasteiger partial charge is 0.334 e. The molecule has 10 heteroatoms. The van der Waals surface area contributed by atoms with E-state index in [4.69, 9.17) is 28.2 Å². The quantitative estimate of drug-likeness (QED) is 0.219. The fourth-order valence-electron chi connectivity index (χ4n) is 4.06. The molecule has 0 unspecified atom stereocenters. The van der Waals surface area contributed by atoms with E-state index >= 15 is 0 Å². The average molecular weight is 533 g/mol. The molecule has 0 aliphatic rings. The van der Waals surface area contributed by atoms with Crippen LogP contribution < -0.4 is 21.1 Å². The summed E-state index contributed by atoms with van der Waals surface area (Å²) in [5, 5.41) is 27.0. The monoisotopic (exact) mass is 532 g/mol. The highest BCUT2D eigenvalue weighted by atomic mass is 28.4. The van der Waals surface area contributed by atoms with Gasteiger partial charge in [-0.15, -0.1) is 0 Å². The number of hydrogen-bond acceptors (Lipinski definition) is 8. The van der Waals surface area contributed by atoms with Gasteiger partial charge in [0.1, 0.15) is 23.5 Å². The third-order valence-electron chi connectivity index (χ3n) is 5.70. The maximum absolute atomic E-state index is 9.15. The van der Waals surface area contributed by atoms with Crippen LogP contribution in [0.15, 0.2) is 24.3 Å².